The van der Waals surface area contributed by atoms with Gasteiger partial charge < -0.3 is 4.42 Å². The van der Waals surface area contributed by atoms with E-state index >= 15 is 0 Å². The van der Waals surface area contributed by atoms with E-state index in [1.165, 1.54) is 41.5 Å². The third kappa shape index (κ3) is 3.22. The minimum atomic E-state index is 0.548. The van der Waals surface area contributed by atoms with E-state index in [-0.39, 0.29) is 0 Å². The average molecular weight is 323 g/mol. The number of alkyl halides is 1. The van der Waals surface area contributed by atoms with Crippen molar-refractivity contribution in [3.05, 3.63) is 35.1 Å². The first-order valence-corrected chi connectivity index (χ1v) is 8.35. The van der Waals surface area contributed by atoms with Crippen LogP contribution in [0, 0.1) is 13.8 Å². The molecule has 104 valence electrons. The van der Waals surface area contributed by atoms with Gasteiger partial charge in [-0.05, 0) is 43.9 Å². The van der Waals surface area contributed by atoms with Crippen LogP contribution in [-0.2, 0) is 0 Å². The maximum Gasteiger partial charge on any atom is 0.134 e. The second kappa shape index (κ2) is 6.60. The Labute approximate surface area is 124 Å². The van der Waals surface area contributed by atoms with E-state index in [1.807, 2.05) is 0 Å². The largest absolute Gasteiger partial charge is 0.460 e. The Morgan fingerprint density at radius 1 is 1.21 bits per heavy atom. The Morgan fingerprint density at radius 3 is 2.68 bits per heavy atom. The van der Waals surface area contributed by atoms with Gasteiger partial charge in [0.2, 0.25) is 0 Å². The van der Waals surface area contributed by atoms with Crippen LogP contribution in [0.2, 0.25) is 0 Å². The zero-order valence-electron chi connectivity index (χ0n) is 12.1. The van der Waals surface area contributed by atoms with Gasteiger partial charge in [0, 0.05) is 16.6 Å². The Balaban J connectivity index is 2.38. The van der Waals surface area contributed by atoms with Gasteiger partial charge in [-0.3, -0.25) is 0 Å². The molecule has 0 aliphatic heterocycles. The quantitative estimate of drug-likeness (QED) is 0.585. The minimum Gasteiger partial charge on any atom is -0.460 e. The van der Waals surface area contributed by atoms with Crippen LogP contribution in [0.5, 0.6) is 0 Å². The summed E-state index contributed by atoms with van der Waals surface area (Å²) in [7, 11) is 0. The number of fused-ring (bicyclic) bond motifs is 1. The molecule has 0 fully saturated rings. The molecule has 0 saturated carbocycles. The van der Waals surface area contributed by atoms with Gasteiger partial charge in [-0.2, -0.15) is 0 Å². The first kappa shape index (κ1) is 14.6. The lowest BCUT2D eigenvalue weighted by molar-refractivity contribution is 0.450. The molecule has 0 spiro atoms. The number of unbranched alkanes of at least 4 members (excludes halogenated alkanes) is 1. The topological polar surface area (TPSA) is 13.1 Å². The van der Waals surface area contributed by atoms with Gasteiger partial charge in [-0.1, -0.05) is 47.8 Å². The van der Waals surface area contributed by atoms with Gasteiger partial charge in [0.15, 0.2) is 0 Å². The van der Waals surface area contributed by atoms with Crippen molar-refractivity contribution >= 4 is 26.9 Å². The van der Waals surface area contributed by atoms with Crippen LogP contribution in [-0.4, -0.2) is 5.33 Å². The second-order valence-electron chi connectivity index (χ2n) is 5.41. The smallest absolute Gasteiger partial charge is 0.134 e. The van der Waals surface area contributed by atoms with E-state index in [1.54, 1.807) is 0 Å². The fourth-order valence-corrected chi connectivity index (χ4v) is 3.28. The van der Waals surface area contributed by atoms with Crippen LogP contribution in [0.25, 0.3) is 11.0 Å². The lowest BCUT2D eigenvalue weighted by Crippen LogP contribution is -2.00. The van der Waals surface area contributed by atoms with Crippen molar-refractivity contribution in [1.82, 2.24) is 0 Å². The molecule has 1 atom stereocenters. The highest BCUT2D eigenvalue weighted by Crippen LogP contribution is 2.35. The van der Waals surface area contributed by atoms with Gasteiger partial charge in [-0.25, -0.2) is 0 Å². The molecule has 2 rings (SSSR count). The van der Waals surface area contributed by atoms with Gasteiger partial charge in [0.1, 0.15) is 11.3 Å². The first-order valence-electron chi connectivity index (χ1n) is 7.23. The van der Waals surface area contributed by atoms with Gasteiger partial charge in [-0.15, -0.1) is 0 Å². The van der Waals surface area contributed by atoms with Crippen molar-refractivity contribution in [2.45, 2.75) is 52.4 Å². The molecule has 0 bridgehead atoms. The van der Waals surface area contributed by atoms with Crippen molar-refractivity contribution in [3.8, 4) is 0 Å². The Kier molecular flexibility index (Phi) is 5.09. The third-order valence-corrected chi connectivity index (χ3v) is 4.32. The van der Waals surface area contributed by atoms with Crippen molar-refractivity contribution in [3.63, 3.8) is 0 Å². The number of benzene rings is 1. The van der Waals surface area contributed by atoms with Gasteiger partial charge in [0.05, 0.1) is 0 Å². The molecular formula is C17H23BrO. The molecule has 19 heavy (non-hydrogen) atoms. The Morgan fingerprint density at radius 2 is 2.00 bits per heavy atom. The maximum absolute atomic E-state index is 6.17. The van der Waals surface area contributed by atoms with Crippen LogP contribution in [0.15, 0.2) is 22.6 Å². The normalized spacial score (nSPS) is 13.1. The van der Waals surface area contributed by atoms with Crippen LogP contribution in [0.3, 0.4) is 0 Å². The minimum absolute atomic E-state index is 0.548. The van der Waals surface area contributed by atoms with Gasteiger partial charge in [0.25, 0.3) is 0 Å². The van der Waals surface area contributed by atoms with Crippen molar-refractivity contribution in [2.75, 3.05) is 5.33 Å². The van der Waals surface area contributed by atoms with E-state index in [0.717, 1.165) is 17.3 Å². The standard InChI is InChI=1S/C17H23BrO/c1-4-5-6-14(9-10-18)17-13(3)15-8-7-12(2)11-16(15)19-17/h7-8,11,14H,4-6,9-10H2,1-3H3. The van der Waals surface area contributed by atoms with E-state index in [0.29, 0.717) is 5.92 Å². The molecule has 1 nitrogen and oxygen atoms in total. The lowest BCUT2D eigenvalue weighted by Gasteiger charge is -2.13. The van der Waals surface area contributed by atoms with Crippen LogP contribution in [0.1, 0.15) is 55.4 Å². The molecule has 0 amide bonds. The number of hydrogen-bond donors (Lipinski definition) is 0. The summed E-state index contributed by atoms with van der Waals surface area (Å²) in [5.74, 6) is 1.75. The maximum atomic E-state index is 6.17. The number of aryl methyl sites for hydroxylation is 2. The average Bonchev–Trinajstić information content (AvgIpc) is 2.71. The zero-order valence-corrected chi connectivity index (χ0v) is 13.7. The van der Waals surface area contributed by atoms with Crippen LogP contribution in [0.4, 0.5) is 0 Å². The first-order chi connectivity index (χ1) is 9.17. The van der Waals surface area contributed by atoms with Crippen molar-refractivity contribution in [2.24, 2.45) is 0 Å². The Bertz CT molecular complexity index is 541. The molecule has 0 aliphatic rings. The zero-order chi connectivity index (χ0) is 13.8. The molecule has 2 heteroatoms. The summed E-state index contributed by atoms with van der Waals surface area (Å²) in [6, 6.07) is 6.51. The van der Waals surface area contributed by atoms with Crippen LogP contribution >= 0.6 is 15.9 Å². The fourth-order valence-electron chi connectivity index (χ4n) is 2.73. The summed E-state index contributed by atoms with van der Waals surface area (Å²) >= 11 is 3.58. The number of furan rings is 1. The predicted molar refractivity (Wildman–Crippen MR) is 86.4 cm³/mol. The second-order valence-corrected chi connectivity index (χ2v) is 6.20. The summed E-state index contributed by atoms with van der Waals surface area (Å²) in [5.41, 5.74) is 3.64. The molecule has 1 aromatic carbocycles. The summed E-state index contributed by atoms with van der Waals surface area (Å²) in [6.45, 7) is 6.56. The SMILES string of the molecule is CCCCC(CCBr)c1oc2cc(C)ccc2c1C. The number of hydrogen-bond acceptors (Lipinski definition) is 1. The van der Waals surface area contributed by atoms with E-state index < -0.39 is 0 Å². The molecule has 0 saturated heterocycles. The fraction of sp³-hybridized carbons (Fsp3) is 0.529. The summed E-state index contributed by atoms with van der Waals surface area (Å²) in [6.07, 6.45) is 4.89. The molecule has 0 radical (unpaired) electrons. The van der Waals surface area contributed by atoms with E-state index in [9.17, 15) is 0 Å². The highest BCUT2D eigenvalue weighted by Gasteiger charge is 2.19. The molecule has 0 aliphatic carbocycles. The van der Waals surface area contributed by atoms with Crippen molar-refractivity contribution in [1.29, 1.82) is 0 Å². The predicted octanol–water partition coefficient (Wildman–Crippen LogP) is 6.11. The summed E-state index contributed by atoms with van der Waals surface area (Å²) in [4.78, 5) is 0. The molecule has 1 heterocycles. The van der Waals surface area contributed by atoms with E-state index in [4.69, 9.17) is 4.42 Å². The highest BCUT2D eigenvalue weighted by atomic mass is 79.9. The molecule has 2 aromatic rings. The summed E-state index contributed by atoms with van der Waals surface area (Å²) < 4.78 is 6.17. The molecular weight excluding hydrogens is 300 g/mol. The molecule has 0 N–H and O–H groups in total. The number of halogens is 1. The highest BCUT2D eigenvalue weighted by molar-refractivity contribution is 9.09. The molecule has 1 unspecified atom stereocenters. The van der Waals surface area contributed by atoms with Gasteiger partial charge >= 0.3 is 0 Å². The monoisotopic (exact) mass is 322 g/mol. The summed E-state index contributed by atoms with van der Waals surface area (Å²) in [5, 5.41) is 2.31. The van der Waals surface area contributed by atoms with Crippen LogP contribution < -0.4 is 0 Å². The van der Waals surface area contributed by atoms with E-state index in [2.05, 4.69) is 54.9 Å². The third-order valence-electron chi connectivity index (χ3n) is 3.87. The Hall–Kier alpha value is -0.760. The van der Waals surface area contributed by atoms with Crippen molar-refractivity contribution < 1.29 is 4.42 Å². The molecule has 1 aromatic heterocycles. The number of rotatable bonds is 6. The lowest BCUT2D eigenvalue weighted by atomic mass is 9.94.